The molecule has 0 spiro atoms. The molecule has 1 aliphatic rings. The van der Waals surface area contributed by atoms with E-state index in [-0.39, 0.29) is 11.9 Å². The highest BCUT2D eigenvalue weighted by atomic mass is 32.1. The van der Waals surface area contributed by atoms with Crippen LogP contribution in [-0.4, -0.2) is 47.7 Å². The van der Waals surface area contributed by atoms with Crippen LogP contribution < -0.4 is 10.1 Å². The van der Waals surface area contributed by atoms with Crippen molar-refractivity contribution in [2.24, 2.45) is 0 Å². The van der Waals surface area contributed by atoms with Crippen LogP contribution in [0.4, 0.5) is 0 Å². The molecule has 1 saturated heterocycles. The topological polar surface area (TPSA) is 70.2 Å². The number of aromatic nitrogens is 2. The summed E-state index contributed by atoms with van der Waals surface area (Å²) in [7, 11) is 1.66. The molecule has 26 heavy (non-hydrogen) atoms. The number of aromatic amines is 1. The second-order valence-corrected chi connectivity index (χ2v) is 7.05. The Morgan fingerprint density at radius 2 is 2.19 bits per heavy atom. The van der Waals surface area contributed by atoms with Gasteiger partial charge in [-0.05, 0) is 23.6 Å². The summed E-state index contributed by atoms with van der Waals surface area (Å²) < 4.78 is 5.50. The number of H-pyrrole nitrogens is 1. The summed E-state index contributed by atoms with van der Waals surface area (Å²) in [5.74, 6) is 0.724. The highest BCUT2D eigenvalue weighted by Crippen LogP contribution is 2.31. The van der Waals surface area contributed by atoms with Crippen LogP contribution in [0.2, 0.25) is 0 Å². The lowest BCUT2D eigenvalue weighted by Crippen LogP contribution is -2.48. The van der Waals surface area contributed by atoms with Gasteiger partial charge in [0, 0.05) is 25.2 Å². The molecule has 0 saturated carbocycles. The van der Waals surface area contributed by atoms with Crippen molar-refractivity contribution in [3.05, 3.63) is 59.1 Å². The molecule has 4 rings (SSSR count). The van der Waals surface area contributed by atoms with E-state index in [2.05, 4.69) is 15.5 Å². The number of hydrogen-bond donors (Lipinski definition) is 2. The van der Waals surface area contributed by atoms with Crippen molar-refractivity contribution in [2.75, 3.05) is 26.7 Å². The largest absolute Gasteiger partial charge is 0.496 e. The number of para-hydroxylation sites is 1. The van der Waals surface area contributed by atoms with Gasteiger partial charge in [-0.1, -0.05) is 24.3 Å². The molecule has 1 atom stereocenters. The summed E-state index contributed by atoms with van der Waals surface area (Å²) in [6.45, 7) is 2.08. The van der Waals surface area contributed by atoms with Crippen molar-refractivity contribution in [1.29, 1.82) is 0 Å². The minimum Gasteiger partial charge on any atom is -0.496 e. The van der Waals surface area contributed by atoms with Crippen LogP contribution in [0.25, 0.3) is 10.6 Å². The predicted octanol–water partition coefficient (Wildman–Crippen LogP) is 2.93. The van der Waals surface area contributed by atoms with Gasteiger partial charge in [0.2, 0.25) is 0 Å². The lowest BCUT2D eigenvalue weighted by atomic mass is 10.0. The molecular weight excluding hydrogens is 348 g/mol. The van der Waals surface area contributed by atoms with Crippen molar-refractivity contribution in [2.45, 2.75) is 6.04 Å². The van der Waals surface area contributed by atoms with Crippen LogP contribution in [-0.2, 0) is 0 Å². The molecule has 0 radical (unpaired) electrons. The maximum Gasteiger partial charge on any atom is 0.274 e. The molecule has 0 bridgehead atoms. The van der Waals surface area contributed by atoms with Gasteiger partial charge in [0.15, 0.2) is 5.69 Å². The Kier molecular flexibility index (Phi) is 4.73. The van der Waals surface area contributed by atoms with Gasteiger partial charge in [-0.15, -0.1) is 11.3 Å². The van der Waals surface area contributed by atoms with Crippen LogP contribution in [0.1, 0.15) is 22.1 Å². The fourth-order valence-electron chi connectivity index (χ4n) is 3.30. The number of nitrogens with one attached hydrogen (secondary N) is 2. The monoisotopic (exact) mass is 368 g/mol. The highest BCUT2D eigenvalue weighted by Gasteiger charge is 2.31. The third-order valence-corrected chi connectivity index (χ3v) is 5.49. The van der Waals surface area contributed by atoms with E-state index in [1.807, 2.05) is 52.7 Å². The molecule has 2 aromatic heterocycles. The number of hydrogen-bond acceptors (Lipinski definition) is 5. The van der Waals surface area contributed by atoms with E-state index >= 15 is 0 Å². The number of carbonyl (C=O) groups excluding carboxylic acids is 1. The van der Waals surface area contributed by atoms with Gasteiger partial charge in [-0.3, -0.25) is 9.89 Å². The molecule has 1 amide bonds. The zero-order chi connectivity index (χ0) is 17.9. The van der Waals surface area contributed by atoms with Crippen molar-refractivity contribution >= 4 is 17.2 Å². The zero-order valence-corrected chi connectivity index (χ0v) is 15.3. The maximum absolute atomic E-state index is 13.1. The van der Waals surface area contributed by atoms with Crippen molar-refractivity contribution in [3.8, 4) is 16.3 Å². The van der Waals surface area contributed by atoms with E-state index in [1.54, 1.807) is 18.4 Å². The first-order valence-electron chi connectivity index (χ1n) is 8.52. The summed E-state index contributed by atoms with van der Waals surface area (Å²) in [5.41, 5.74) is 2.31. The van der Waals surface area contributed by atoms with Crippen LogP contribution in [0, 0.1) is 0 Å². The average molecular weight is 368 g/mol. The van der Waals surface area contributed by atoms with Gasteiger partial charge in [0.25, 0.3) is 5.91 Å². The number of nitrogens with zero attached hydrogens (tertiary/aromatic N) is 2. The molecule has 1 unspecified atom stereocenters. The molecule has 134 valence electrons. The number of piperazine rings is 1. The molecule has 3 heterocycles. The standard InChI is InChI=1S/C19H20N4O2S/c1-25-17-6-3-2-5-13(17)16-12-20-8-9-23(16)19(24)15-11-14(21-22-15)18-7-4-10-26-18/h2-7,10-11,16,20H,8-9,12H2,1H3,(H,21,22). The average Bonchev–Trinajstić information content (AvgIpc) is 3.39. The number of thiophene rings is 1. The molecule has 1 aliphatic heterocycles. The highest BCUT2D eigenvalue weighted by molar-refractivity contribution is 7.13. The number of ether oxygens (including phenoxy) is 1. The summed E-state index contributed by atoms with van der Waals surface area (Å²) in [6, 6.07) is 13.6. The molecule has 0 aliphatic carbocycles. The summed E-state index contributed by atoms with van der Waals surface area (Å²) in [5, 5.41) is 12.6. The Labute approximate surface area is 155 Å². The predicted molar refractivity (Wildman–Crippen MR) is 102 cm³/mol. The lowest BCUT2D eigenvalue weighted by molar-refractivity contribution is 0.0625. The van der Waals surface area contributed by atoms with Crippen LogP contribution in [0.3, 0.4) is 0 Å². The Balaban J connectivity index is 1.63. The molecular formula is C19H20N4O2S. The van der Waals surface area contributed by atoms with Gasteiger partial charge in [0.05, 0.1) is 23.7 Å². The van der Waals surface area contributed by atoms with Crippen molar-refractivity contribution in [3.63, 3.8) is 0 Å². The van der Waals surface area contributed by atoms with E-state index in [0.29, 0.717) is 18.8 Å². The van der Waals surface area contributed by atoms with Gasteiger partial charge in [0.1, 0.15) is 5.75 Å². The summed E-state index contributed by atoms with van der Waals surface area (Å²) in [4.78, 5) is 16.1. The Bertz CT molecular complexity index is 891. The minimum absolute atomic E-state index is 0.0681. The summed E-state index contributed by atoms with van der Waals surface area (Å²) >= 11 is 1.62. The van der Waals surface area contributed by atoms with Gasteiger partial charge < -0.3 is 15.0 Å². The van der Waals surface area contributed by atoms with Crippen molar-refractivity contribution in [1.82, 2.24) is 20.4 Å². The Morgan fingerprint density at radius 1 is 1.31 bits per heavy atom. The molecule has 7 heteroatoms. The van der Waals surface area contributed by atoms with Crippen LogP contribution in [0.15, 0.2) is 47.8 Å². The van der Waals surface area contributed by atoms with Gasteiger partial charge >= 0.3 is 0 Å². The van der Waals surface area contributed by atoms with Gasteiger partial charge in [-0.25, -0.2) is 0 Å². The first-order chi connectivity index (χ1) is 12.8. The van der Waals surface area contributed by atoms with E-state index in [9.17, 15) is 4.79 Å². The Hall–Kier alpha value is -2.64. The first kappa shape index (κ1) is 16.8. The molecule has 2 N–H and O–H groups in total. The third kappa shape index (κ3) is 3.11. The molecule has 1 aromatic carbocycles. The summed E-state index contributed by atoms with van der Waals surface area (Å²) in [6.07, 6.45) is 0. The van der Waals surface area contributed by atoms with Crippen LogP contribution >= 0.6 is 11.3 Å². The van der Waals surface area contributed by atoms with Gasteiger partial charge in [-0.2, -0.15) is 5.10 Å². The number of amides is 1. The fraction of sp³-hybridized carbons (Fsp3) is 0.263. The quantitative estimate of drug-likeness (QED) is 0.743. The number of rotatable bonds is 4. The van der Waals surface area contributed by atoms with E-state index in [4.69, 9.17) is 4.74 Å². The second-order valence-electron chi connectivity index (χ2n) is 6.10. The SMILES string of the molecule is COc1ccccc1C1CNCCN1C(=O)c1cc(-c2cccs2)[nH]n1. The van der Waals surface area contributed by atoms with E-state index in [0.717, 1.165) is 28.4 Å². The second kappa shape index (κ2) is 7.31. The fourth-order valence-corrected chi connectivity index (χ4v) is 4.00. The number of benzene rings is 1. The normalized spacial score (nSPS) is 17.3. The minimum atomic E-state index is -0.0886. The van der Waals surface area contributed by atoms with Crippen LogP contribution in [0.5, 0.6) is 5.75 Å². The third-order valence-electron chi connectivity index (χ3n) is 4.59. The van der Waals surface area contributed by atoms with E-state index < -0.39 is 0 Å². The van der Waals surface area contributed by atoms with E-state index in [1.165, 1.54) is 0 Å². The first-order valence-corrected chi connectivity index (χ1v) is 9.40. The zero-order valence-electron chi connectivity index (χ0n) is 14.4. The lowest BCUT2D eigenvalue weighted by Gasteiger charge is -2.36. The molecule has 6 nitrogen and oxygen atoms in total. The number of carbonyl (C=O) groups is 1. The number of methoxy groups -OCH3 is 1. The molecule has 3 aromatic rings. The smallest absolute Gasteiger partial charge is 0.274 e. The van der Waals surface area contributed by atoms with Crippen molar-refractivity contribution < 1.29 is 9.53 Å². The Morgan fingerprint density at radius 3 is 3.00 bits per heavy atom. The maximum atomic E-state index is 13.1. The molecule has 1 fully saturated rings.